The molecule has 0 aliphatic heterocycles. The van der Waals surface area contributed by atoms with Crippen molar-refractivity contribution in [1.29, 1.82) is 0 Å². The molecule has 2 heterocycles. The second kappa shape index (κ2) is 5.29. The topological polar surface area (TPSA) is 70.2 Å². The van der Waals surface area contributed by atoms with Crippen molar-refractivity contribution in [3.8, 4) is 5.75 Å². The Morgan fingerprint density at radius 1 is 1.27 bits per heavy atom. The van der Waals surface area contributed by atoms with E-state index < -0.39 is 0 Å². The minimum atomic E-state index is -0.365. The van der Waals surface area contributed by atoms with Crippen molar-refractivity contribution in [2.45, 2.75) is 20.3 Å². The van der Waals surface area contributed by atoms with Gasteiger partial charge in [0.25, 0.3) is 0 Å². The van der Waals surface area contributed by atoms with Crippen LogP contribution in [0.15, 0.2) is 27.4 Å². The predicted molar refractivity (Wildman–Crippen MR) is 82.3 cm³/mol. The molecular weight excluding hydrogens is 282 g/mol. The van der Waals surface area contributed by atoms with Crippen molar-refractivity contribution < 1.29 is 9.15 Å². The van der Waals surface area contributed by atoms with Gasteiger partial charge in [0.2, 0.25) is 0 Å². The van der Waals surface area contributed by atoms with Crippen LogP contribution in [0.2, 0.25) is 0 Å². The predicted octanol–water partition coefficient (Wildman–Crippen LogP) is 2.14. The molecule has 0 amide bonds. The first-order chi connectivity index (χ1) is 10.5. The van der Waals surface area contributed by atoms with E-state index in [1.54, 1.807) is 11.8 Å². The molecule has 0 fully saturated rings. The van der Waals surface area contributed by atoms with Crippen molar-refractivity contribution in [2.24, 2.45) is 7.05 Å². The van der Waals surface area contributed by atoms with E-state index in [2.05, 4.69) is 10.1 Å². The zero-order valence-electron chi connectivity index (χ0n) is 13.0. The third-order valence-electron chi connectivity index (χ3n) is 3.67. The molecule has 6 nitrogen and oxygen atoms in total. The molecule has 3 aromatic rings. The molecular formula is C16H17N3O3. The highest BCUT2D eigenvalue weighted by molar-refractivity contribution is 5.87. The van der Waals surface area contributed by atoms with Gasteiger partial charge >= 0.3 is 5.63 Å². The molecule has 0 radical (unpaired) electrons. The molecule has 0 aliphatic rings. The van der Waals surface area contributed by atoms with E-state index >= 15 is 0 Å². The summed E-state index contributed by atoms with van der Waals surface area (Å²) in [6.45, 7) is 3.77. The minimum Gasteiger partial charge on any atom is -0.496 e. The molecule has 3 rings (SSSR count). The van der Waals surface area contributed by atoms with Crippen LogP contribution in [0.3, 0.4) is 0 Å². The number of ether oxygens (including phenoxy) is 1. The van der Waals surface area contributed by atoms with Gasteiger partial charge in [-0.3, -0.25) is 4.68 Å². The first-order valence-electron chi connectivity index (χ1n) is 6.96. The van der Waals surface area contributed by atoms with E-state index in [4.69, 9.17) is 9.15 Å². The van der Waals surface area contributed by atoms with Crippen molar-refractivity contribution >= 4 is 11.0 Å². The Hall–Kier alpha value is -2.63. The summed E-state index contributed by atoms with van der Waals surface area (Å²) in [5.74, 6) is 2.25. The number of aromatic nitrogens is 3. The molecule has 6 heteroatoms. The third kappa shape index (κ3) is 2.47. The number of hydrogen-bond donors (Lipinski definition) is 0. The van der Waals surface area contributed by atoms with Gasteiger partial charge in [0.1, 0.15) is 17.2 Å². The zero-order valence-corrected chi connectivity index (χ0v) is 13.0. The maximum atomic E-state index is 11.6. The lowest BCUT2D eigenvalue weighted by molar-refractivity contribution is 0.418. The van der Waals surface area contributed by atoms with Crippen molar-refractivity contribution in [3.63, 3.8) is 0 Å². The van der Waals surface area contributed by atoms with Crippen LogP contribution in [0.25, 0.3) is 11.0 Å². The Kier molecular flexibility index (Phi) is 3.44. The van der Waals surface area contributed by atoms with Crippen molar-refractivity contribution in [1.82, 2.24) is 14.8 Å². The van der Waals surface area contributed by atoms with Gasteiger partial charge in [-0.25, -0.2) is 9.78 Å². The second-order valence-electron chi connectivity index (χ2n) is 5.30. The summed E-state index contributed by atoms with van der Waals surface area (Å²) in [5, 5.41) is 5.16. The van der Waals surface area contributed by atoms with Crippen LogP contribution in [-0.4, -0.2) is 21.9 Å². The Bertz CT molecular complexity index is 889. The first kappa shape index (κ1) is 14.3. The van der Waals surface area contributed by atoms with Crippen LogP contribution in [0.4, 0.5) is 0 Å². The van der Waals surface area contributed by atoms with Gasteiger partial charge in [-0.15, -0.1) is 0 Å². The lowest BCUT2D eigenvalue weighted by atomic mass is 10.0. The van der Waals surface area contributed by atoms with Crippen molar-refractivity contribution in [2.75, 3.05) is 7.11 Å². The van der Waals surface area contributed by atoms with Crippen LogP contribution in [0.5, 0.6) is 5.75 Å². The SMILES string of the molecule is COc1cc(Cc2nc(C)n(C)n2)cc2oc(=O)cc(C)c12. The minimum absolute atomic E-state index is 0.365. The fourth-order valence-electron chi connectivity index (χ4n) is 2.55. The smallest absolute Gasteiger partial charge is 0.336 e. The standard InChI is InChI=1S/C16H17N3O3/c1-9-5-15(20)22-13-7-11(6-12(21-4)16(9)13)8-14-17-10(2)19(3)18-14/h5-7H,8H2,1-4H3. The van der Waals surface area contributed by atoms with Gasteiger partial charge in [0, 0.05) is 19.5 Å². The summed E-state index contributed by atoms with van der Waals surface area (Å²) in [5.41, 5.74) is 1.92. The van der Waals surface area contributed by atoms with E-state index in [-0.39, 0.29) is 5.63 Å². The van der Waals surface area contributed by atoms with Crippen LogP contribution < -0.4 is 10.4 Å². The number of fused-ring (bicyclic) bond motifs is 1. The molecule has 0 saturated carbocycles. The largest absolute Gasteiger partial charge is 0.496 e. The first-order valence-corrected chi connectivity index (χ1v) is 6.96. The fourth-order valence-corrected chi connectivity index (χ4v) is 2.55. The van der Waals surface area contributed by atoms with Crippen LogP contribution in [-0.2, 0) is 13.5 Å². The molecule has 0 unspecified atom stereocenters. The summed E-state index contributed by atoms with van der Waals surface area (Å²) < 4.78 is 12.5. The molecule has 0 aliphatic carbocycles. The Balaban J connectivity index is 2.12. The Morgan fingerprint density at radius 3 is 2.68 bits per heavy atom. The summed E-state index contributed by atoms with van der Waals surface area (Å²) in [6.07, 6.45) is 0.547. The number of rotatable bonds is 3. The highest BCUT2D eigenvalue weighted by Crippen LogP contribution is 2.30. The van der Waals surface area contributed by atoms with E-state index in [0.717, 1.165) is 28.2 Å². The average molecular weight is 299 g/mol. The molecule has 2 aromatic heterocycles. The van der Waals surface area contributed by atoms with E-state index in [1.165, 1.54) is 6.07 Å². The molecule has 22 heavy (non-hydrogen) atoms. The number of methoxy groups -OCH3 is 1. The van der Waals surface area contributed by atoms with Gasteiger partial charge in [-0.1, -0.05) is 0 Å². The normalized spacial score (nSPS) is 11.1. The average Bonchev–Trinajstić information content (AvgIpc) is 2.75. The fraction of sp³-hybridized carbons (Fsp3) is 0.312. The van der Waals surface area contributed by atoms with Crippen LogP contribution in [0.1, 0.15) is 22.8 Å². The van der Waals surface area contributed by atoms with Crippen molar-refractivity contribution in [3.05, 3.63) is 51.4 Å². The number of aryl methyl sites for hydroxylation is 3. The lowest BCUT2D eigenvalue weighted by Crippen LogP contribution is -2.01. The van der Waals surface area contributed by atoms with E-state index in [1.807, 2.05) is 33.0 Å². The molecule has 0 atom stereocenters. The molecule has 0 bridgehead atoms. The number of hydrogen-bond acceptors (Lipinski definition) is 5. The lowest BCUT2D eigenvalue weighted by Gasteiger charge is -2.09. The van der Waals surface area contributed by atoms with Gasteiger partial charge in [-0.2, -0.15) is 5.10 Å². The van der Waals surface area contributed by atoms with E-state index in [0.29, 0.717) is 17.8 Å². The summed E-state index contributed by atoms with van der Waals surface area (Å²) >= 11 is 0. The highest BCUT2D eigenvalue weighted by atomic mass is 16.5. The number of benzene rings is 1. The van der Waals surface area contributed by atoms with Gasteiger partial charge in [0.15, 0.2) is 5.82 Å². The Morgan fingerprint density at radius 2 is 2.05 bits per heavy atom. The highest BCUT2D eigenvalue weighted by Gasteiger charge is 2.12. The molecule has 0 N–H and O–H groups in total. The van der Waals surface area contributed by atoms with Gasteiger partial charge in [0.05, 0.1) is 12.5 Å². The van der Waals surface area contributed by atoms with Crippen LogP contribution >= 0.6 is 0 Å². The molecule has 0 saturated heterocycles. The van der Waals surface area contributed by atoms with Crippen LogP contribution in [0, 0.1) is 13.8 Å². The summed E-state index contributed by atoms with van der Waals surface area (Å²) in [6, 6.07) is 5.24. The maximum Gasteiger partial charge on any atom is 0.336 e. The number of nitrogens with zero attached hydrogens (tertiary/aromatic N) is 3. The Labute approximate surface area is 127 Å². The molecule has 1 aromatic carbocycles. The maximum absolute atomic E-state index is 11.6. The zero-order chi connectivity index (χ0) is 15.9. The molecule has 114 valence electrons. The monoisotopic (exact) mass is 299 g/mol. The summed E-state index contributed by atoms with van der Waals surface area (Å²) in [7, 11) is 3.46. The quantitative estimate of drug-likeness (QED) is 0.693. The van der Waals surface area contributed by atoms with Gasteiger partial charge in [-0.05, 0) is 37.1 Å². The summed E-state index contributed by atoms with van der Waals surface area (Å²) in [4.78, 5) is 16.0. The second-order valence-corrected chi connectivity index (χ2v) is 5.30. The third-order valence-corrected chi connectivity index (χ3v) is 3.67. The van der Waals surface area contributed by atoms with E-state index in [9.17, 15) is 4.79 Å². The molecule has 0 spiro atoms. The van der Waals surface area contributed by atoms with Gasteiger partial charge < -0.3 is 9.15 Å².